The van der Waals surface area contributed by atoms with Crippen molar-refractivity contribution in [3.8, 4) is 0 Å². The minimum atomic E-state index is -0.428. The first-order valence-corrected chi connectivity index (χ1v) is 7.99. The third-order valence-corrected chi connectivity index (χ3v) is 4.37. The van der Waals surface area contributed by atoms with Gasteiger partial charge in [-0.2, -0.15) is 0 Å². The van der Waals surface area contributed by atoms with Crippen LogP contribution < -0.4 is 10.2 Å². The van der Waals surface area contributed by atoms with Gasteiger partial charge in [-0.25, -0.2) is 4.90 Å². The number of rotatable bonds is 5. The molecule has 2 aliphatic rings. The van der Waals surface area contributed by atoms with Crippen molar-refractivity contribution in [2.24, 2.45) is 0 Å². The predicted octanol–water partition coefficient (Wildman–Crippen LogP) is 1.65. The summed E-state index contributed by atoms with van der Waals surface area (Å²) in [5.41, 5.74) is 1.85. The van der Waals surface area contributed by atoms with Gasteiger partial charge in [0.2, 0.25) is 5.91 Å². The lowest BCUT2D eigenvalue weighted by atomic mass is 10.1. The molecule has 2 saturated heterocycles. The summed E-state index contributed by atoms with van der Waals surface area (Å²) in [7, 11) is 0. The molecule has 0 bridgehead atoms. The number of carbonyl (C=O) groups is 2. The molecule has 2 aliphatic heterocycles. The molecular formula is C17H22N2O3. The fourth-order valence-corrected chi connectivity index (χ4v) is 3.02. The molecule has 5 nitrogen and oxygen atoms in total. The van der Waals surface area contributed by atoms with Crippen LogP contribution in [0.25, 0.3) is 0 Å². The van der Waals surface area contributed by atoms with Gasteiger partial charge in [0.25, 0.3) is 5.91 Å². The lowest BCUT2D eigenvalue weighted by Crippen LogP contribution is -2.41. The van der Waals surface area contributed by atoms with Crippen LogP contribution in [0.2, 0.25) is 0 Å². The SMILES string of the molecule is CCc1ccc(N2C(=O)C[C@@H](NC[C@H]3CCCO3)C2=O)cc1. The fourth-order valence-electron chi connectivity index (χ4n) is 3.02. The summed E-state index contributed by atoms with van der Waals surface area (Å²) < 4.78 is 5.54. The van der Waals surface area contributed by atoms with Crippen LogP contribution >= 0.6 is 0 Å². The lowest BCUT2D eigenvalue weighted by molar-refractivity contribution is -0.121. The van der Waals surface area contributed by atoms with Crippen LogP contribution in [0.3, 0.4) is 0 Å². The highest BCUT2D eigenvalue weighted by Crippen LogP contribution is 2.23. The van der Waals surface area contributed by atoms with Crippen LogP contribution in [0.4, 0.5) is 5.69 Å². The Labute approximate surface area is 130 Å². The highest BCUT2D eigenvalue weighted by Gasteiger charge is 2.39. The Morgan fingerprint density at radius 2 is 2.05 bits per heavy atom. The van der Waals surface area contributed by atoms with E-state index in [-0.39, 0.29) is 24.3 Å². The average Bonchev–Trinajstić information content (AvgIpc) is 3.14. The highest BCUT2D eigenvalue weighted by atomic mass is 16.5. The van der Waals surface area contributed by atoms with E-state index in [1.54, 1.807) is 0 Å². The number of amides is 2. The molecule has 1 aromatic rings. The van der Waals surface area contributed by atoms with Crippen molar-refractivity contribution >= 4 is 17.5 Å². The van der Waals surface area contributed by atoms with Crippen LogP contribution in [0.15, 0.2) is 24.3 Å². The van der Waals surface area contributed by atoms with Gasteiger partial charge in [-0.3, -0.25) is 9.59 Å². The van der Waals surface area contributed by atoms with Crippen molar-refractivity contribution < 1.29 is 14.3 Å². The van der Waals surface area contributed by atoms with Gasteiger partial charge >= 0.3 is 0 Å². The van der Waals surface area contributed by atoms with Crippen molar-refractivity contribution in [3.63, 3.8) is 0 Å². The molecule has 0 unspecified atom stereocenters. The van der Waals surface area contributed by atoms with E-state index < -0.39 is 6.04 Å². The van der Waals surface area contributed by atoms with E-state index in [0.717, 1.165) is 25.9 Å². The summed E-state index contributed by atoms with van der Waals surface area (Å²) in [5.74, 6) is -0.300. The van der Waals surface area contributed by atoms with E-state index >= 15 is 0 Å². The number of aryl methyl sites for hydroxylation is 1. The predicted molar refractivity (Wildman–Crippen MR) is 83.7 cm³/mol. The van der Waals surface area contributed by atoms with Crippen LogP contribution in [0.1, 0.15) is 31.7 Å². The molecule has 22 heavy (non-hydrogen) atoms. The van der Waals surface area contributed by atoms with E-state index in [9.17, 15) is 9.59 Å². The quantitative estimate of drug-likeness (QED) is 0.840. The molecule has 2 heterocycles. The van der Waals surface area contributed by atoms with Gasteiger partial charge in [-0.15, -0.1) is 0 Å². The second-order valence-corrected chi connectivity index (χ2v) is 5.89. The monoisotopic (exact) mass is 302 g/mol. The number of benzene rings is 1. The van der Waals surface area contributed by atoms with Crippen molar-refractivity contribution in [1.82, 2.24) is 5.32 Å². The minimum Gasteiger partial charge on any atom is -0.377 e. The van der Waals surface area contributed by atoms with Crippen molar-refractivity contribution in [2.75, 3.05) is 18.1 Å². The summed E-state index contributed by atoms with van der Waals surface area (Å²) >= 11 is 0. The van der Waals surface area contributed by atoms with Gasteiger partial charge in [0.05, 0.1) is 24.3 Å². The molecule has 118 valence electrons. The molecule has 1 N–H and O–H groups in total. The molecular weight excluding hydrogens is 280 g/mol. The Balaban J connectivity index is 1.65. The van der Waals surface area contributed by atoms with E-state index in [0.29, 0.717) is 12.2 Å². The Morgan fingerprint density at radius 1 is 1.27 bits per heavy atom. The third-order valence-electron chi connectivity index (χ3n) is 4.37. The molecule has 0 saturated carbocycles. The number of ether oxygens (including phenoxy) is 1. The van der Waals surface area contributed by atoms with E-state index in [4.69, 9.17) is 4.74 Å². The van der Waals surface area contributed by atoms with E-state index in [1.807, 2.05) is 24.3 Å². The van der Waals surface area contributed by atoms with Gasteiger partial charge in [0, 0.05) is 13.2 Å². The molecule has 5 heteroatoms. The largest absolute Gasteiger partial charge is 0.377 e. The van der Waals surface area contributed by atoms with Crippen LogP contribution in [0.5, 0.6) is 0 Å². The maximum absolute atomic E-state index is 12.5. The number of imide groups is 1. The molecule has 2 atom stereocenters. The Kier molecular flexibility index (Phi) is 4.55. The zero-order valence-corrected chi connectivity index (χ0v) is 12.9. The van der Waals surface area contributed by atoms with Gasteiger partial charge in [-0.1, -0.05) is 19.1 Å². The Hall–Kier alpha value is -1.72. The maximum atomic E-state index is 12.5. The van der Waals surface area contributed by atoms with Crippen LogP contribution in [-0.2, 0) is 20.7 Å². The Bertz CT molecular complexity index is 550. The molecule has 1 aromatic carbocycles. The number of anilines is 1. The van der Waals surface area contributed by atoms with Gasteiger partial charge < -0.3 is 10.1 Å². The number of nitrogens with one attached hydrogen (secondary N) is 1. The molecule has 0 spiro atoms. The van der Waals surface area contributed by atoms with Crippen LogP contribution in [0, 0.1) is 0 Å². The lowest BCUT2D eigenvalue weighted by Gasteiger charge is -2.17. The highest BCUT2D eigenvalue weighted by molar-refractivity contribution is 6.22. The third kappa shape index (κ3) is 3.05. The molecule has 0 aromatic heterocycles. The molecule has 3 rings (SSSR count). The first-order valence-electron chi connectivity index (χ1n) is 7.99. The summed E-state index contributed by atoms with van der Waals surface area (Å²) in [5, 5.41) is 3.19. The second kappa shape index (κ2) is 6.58. The van der Waals surface area contributed by atoms with E-state index in [2.05, 4.69) is 12.2 Å². The second-order valence-electron chi connectivity index (χ2n) is 5.89. The molecule has 0 radical (unpaired) electrons. The molecule has 0 aliphatic carbocycles. The summed E-state index contributed by atoms with van der Waals surface area (Å²) in [4.78, 5) is 26.0. The topological polar surface area (TPSA) is 58.6 Å². The van der Waals surface area contributed by atoms with Gasteiger partial charge in [0.1, 0.15) is 0 Å². The standard InChI is InChI=1S/C17H22N2O3/c1-2-12-5-7-13(8-6-12)19-16(20)10-15(17(19)21)18-11-14-4-3-9-22-14/h5-8,14-15,18H,2-4,9-11H2,1H3/t14-,15-/m1/s1. The van der Waals surface area contributed by atoms with Crippen molar-refractivity contribution in [2.45, 2.75) is 44.8 Å². The summed E-state index contributed by atoms with van der Waals surface area (Å²) in [6.45, 7) is 3.50. The maximum Gasteiger partial charge on any atom is 0.251 e. The van der Waals surface area contributed by atoms with Crippen molar-refractivity contribution in [3.05, 3.63) is 29.8 Å². The summed E-state index contributed by atoms with van der Waals surface area (Å²) in [6.07, 6.45) is 3.42. The average molecular weight is 302 g/mol. The zero-order chi connectivity index (χ0) is 15.5. The fraction of sp³-hybridized carbons (Fsp3) is 0.529. The number of carbonyl (C=O) groups excluding carboxylic acids is 2. The molecule has 2 fully saturated rings. The normalized spacial score (nSPS) is 25.2. The summed E-state index contributed by atoms with van der Waals surface area (Å²) in [6, 6.07) is 7.18. The first kappa shape index (κ1) is 15.2. The zero-order valence-electron chi connectivity index (χ0n) is 12.9. The van der Waals surface area contributed by atoms with Gasteiger partial charge in [-0.05, 0) is 37.0 Å². The number of hydrogen-bond donors (Lipinski definition) is 1. The van der Waals surface area contributed by atoms with Crippen LogP contribution in [-0.4, -0.2) is 37.1 Å². The van der Waals surface area contributed by atoms with E-state index in [1.165, 1.54) is 10.5 Å². The number of hydrogen-bond acceptors (Lipinski definition) is 4. The molecule has 2 amide bonds. The first-order chi connectivity index (χ1) is 10.7. The van der Waals surface area contributed by atoms with Crippen molar-refractivity contribution in [1.29, 1.82) is 0 Å². The van der Waals surface area contributed by atoms with Gasteiger partial charge in [0.15, 0.2) is 0 Å². The smallest absolute Gasteiger partial charge is 0.251 e. The minimum absolute atomic E-state index is 0.140. The number of nitrogens with zero attached hydrogens (tertiary/aromatic N) is 1. The Morgan fingerprint density at radius 3 is 2.68 bits per heavy atom.